The van der Waals surface area contributed by atoms with Gasteiger partial charge in [-0.25, -0.2) is 8.42 Å². The van der Waals surface area contributed by atoms with E-state index in [0.29, 0.717) is 22.4 Å². The molecular formula is C13H9BrO3S. The zero-order valence-electron chi connectivity index (χ0n) is 9.26. The van der Waals surface area contributed by atoms with Gasteiger partial charge in [-0.2, -0.15) is 0 Å². The molecule has 0 spiro atoms. The molecule has 1 heterocycles. The van der Waals surface area contributed by atoms with Crippen molar-refractivity contribution < 1.29 is 13.2 Å². The molecular weight excluding hydrogens is 316 g/mol. The van der Waals surface area contributed by atoms with Crippen LogP contribution in [-0.4, -0.2) is 8.42 Å². The van der Waals surface area contributed by atoms with Gasteiger partial charge in [0.1, 0.15) is 21.3 Å². The summed E-state index contributed by atoms with van der Waals surface area (Å²) in [6.45, 7) is 0. The number of ether oxygens (including phenoxy) is 1. The molecule has 18 heavy (non-hydrogen) atoms. The lowest BCUT2D eigenvalue weighted by molar-refractivity contribution is 0.442. The van der Waals surface area contributed by atoms with Crippen LogP contribution in [0, 0.1) is 0 Å². The van der Waals surface area contributed by atoms with Gasteiger partial charge in [-0.15, -0.1) is 0 Å². The Kier molecular flexibility index (Phi) is 2.68. The van der Waals surface area contributed by atoms with Crippen molar-refractivity contribution in [2.45, 2.75) is 15.1 Å². The fraction of sp³-hybridized carbons (Fsp3) is 0.0769. The highest BCUT2D eigenvalue weighted by Crippen LogP contribution is 2.44. The molecule has 3 nitrogen and oxygen atoms in total. The van der Waals surface area contributed by atoms with Gasteiger partial charge in [0, 0.05) is 5.33 Å². The van der Waals surface area contributed by atoms with Crippen molar-refractivity contribution in [2.24, 2.45) is 0 Å². The van der Waals surface area contributed by atoms with E-state index in [9.17, 15) is 8.42 Å². The van der Waals surface area contributed by atoms with Crippen molar-refractivity contribution in [1.82, 2.24) is 0 Å². The van der Waals surface area contributed by atoms with Crippen LogP contribution >= 0.6 is 15.9 Å². The molecule has 1 aliphatic heterocycles. The lowest BCUT2D eigenvalue weighted by Crippen LogP contribution is -2.12. The first-order valence-electron chi connectivity index (χ1n) is 5.34. The van der Waals surface area contributed by atoms with Crippen molar-refractivity contribution in [3.05, 3.63) is 48.0 Å². The van der Waals surface area contributed by atoms with Crippen LogP contribution in [0.4, 0.5) is 0 Å². The number of alkyl halides is 1. The highest BCUT2D eigenvalue weighted by Gasteiger charge is 2.32. The van der Waals surface area contributed by atoms with E-state index in [1.165, 1.54) is 0 Å². The fourth-order valence-corrected chi connectivity index (χ4v) is 4.40. The van der Waals surface area contributed by atoms with Crippen molar-refractivity contribution in [1.29, 1.82) is 0 Å². The molecule has 0 atom stereocenters. The fourth-order valence-electron chi connectivity index (χ4n) is 2.04. The molecule has 0 aromatic heterocycles. The maximum absolute atomic E-state index is 12.6. The Morgan fingerprint density at radius 1 is 1.00 bits per heavy atom. The average molecular weight is 325 g/mol. The largest absolute Gasteiger partial charge is 0.455 e. The van der Waals surface area contributed by atoms with Crippen molar-refractivity contribution in [3.8, 4) is 11.5 Å². The topological polar surface area (TPSA) is 43.4 Å². The summed E-state index contributed by atoms with van der Waals surface area (Å²) in [5, 5.41) is 0.473. The van der Waals surface area contributed by atoms with Crippen LogP contribution in [-0.2, 0) is 15.2 Å². The Morgan fingerprint density at radius 3 is 2.50 bits per heavy atom. The molecule has 5 heteroatoms. The van der Waals surface area contributed by atoms with Gasteiger partial charge in [-0.3, -0.25) is 0 Å². The van der Waals surface area contributed by atoms with Crippen LogP contribution in [0.2, 0.25) is 0 Å². The number of hydrogen-bond acceptors (Lipinski definition) is 3. The molecule has 0 radical (unpaired) electrons. The lowest BCUT2D eigenvalue weighted by Gasteiger charge is -2.21. The second-order valence-electron chi connectivity index (χ2n) is 3.93. The molecule has 0 N–H and O–H groups in total. The quantitative estimate of drug-likeness (QED) is 0.643. The minimum absolute atomic E-state index is 0.228. The number of sulfone groups is 1. The second-order valence-corrected chi connectivity index (χ2v) is 6.35. The predicted molar refractivity (Wildman–Crippen MR) is 71.0 cm³/mol. The molecule has 3 rings (SSSR count). The van der Waals surface area contributed by atoms with Crippen LogP contribution in [0.15, 0.2) is 52.3 Å². The number of fused-ring (bicyclic) bond motifs is 2. The smallest absolute Gasteiger partial charge is 0.214 e. The third kappa shape index (κ3) is 1.58. The van der Waals surface area contributed by atoms with Gasteiger partial charge >= 0.3 is 0 Å². The molecule has 0 saturated heterocycles. The summed E-state index contributed by atoms with van der Waals surface area (Å²) in [7, 11) is -3.50. The molecule has 0 unspecified atom stereocenters. The van der Waals surface area contributed by atoms with E-state index in [-0.39, 0.29) is 9.79 Å². The summed E-state index contributed by atoms with van der Waals surface area (Å²) in [6.07, 6.45) is 0. The van der Waals surface area contributed by atoms with Crippen molar-refractivity contribution >= 4 is 25.8 Å². The summed E-state index contributed by atoms with van der Waals surface area (Å²) in [5.41, 5.74) is 0.710. The number of rotatable bonds is 1. The standard InChI is InChI=1S/C13H9BrO3S/c14-8-9-4-3-6-11-13(9)18(15,16)12-7-2-1-5-10(12)17-11/h1-7H,8H2. The molecule has 2 aromatic carbocycles. The number of hydrogen-bond donors (Lipinski definition) is 0. The second kappa shape index (κ2) is 4.10. The Hall–Kier alpha value is -1.33. The molecule has 1 aliphatic rings. The SMILES string of the molecule is O=S1(=O)c2ccccc2Oc2cccc(CBr)c21. The Labute approximate surface area is 113 Å². The summed E-state index contributed by atoms with van der Waals surface area (Å²) in [4.78, 5) is 0.492. The number of para-hydroxylation sites is 1. The van der Waals surface area contributed by atoms with Gasteiger partial charge in [0.15, 0.2) is 0 Å². The number of benzene rings is 2. The zero-order chi connectivity index (χ0) is 12.8. The minimum atomic E-state index is -3.50. The predicted octanol–water partition coefficient (Wildman–Crippen LogP) is 3.52. The molecule has 0 bridgehead atoms. The van der Waals surface area contributed by atoms with Crippen molar-refractivity contribution in [2.75, 3.05) is 0 Å². The van der Waals surface area contributed by atoms with E-state index >= 15 is 0 Å². The van der Waals surface area contributed by atoms with Crippen molar-refractivity contribution in [3.63, 3.8) is 0 Å². The Bertz CT molecular complexity index is 723. The van der Waals surface area contributed by atoms with E-state index in [1.54, 1.807) is 42.5 Å². The third-order valence-corrected chi connectivity index (χ3v) is 5.35. The molecule has 0 saturated carbocycles. The lowest BCUT2D eigenvalue weighted by atomic mass is 10.2. The van der Waals surface area contributed by atoms with E-state index in [1.807, 2.05) is 0 Å². The normalized spacial score (nSPS) is 15.4. The van der Waals surface area contributed by atoms with Gasteiger partial charge in [-0.05, 0) is 23.8 Å². The maximum Gasteiger partial charge on any atom is 0.214 e. The highest BCUT2D eigenvalue weighted by molar-refractivity contribution is 9.08. The van der Waals surface area contributed by atoms with Gasteiger partial charge < -0.3 is 4.74 Å². The van der Waals surface area contributed by atoms with Crippen LogP contribution in [0.25, 0.3) is 0 Å². The van der Waals surface area contributed by atoms with E-state index in [0.717, 1.165) is 0 Å². The van der Waals surface area contributed by atoms with E-state index < -0.39 is 9.84 Å². The van der Waals surface area contributed by atoms with Gasteiger partial charge in [-0.1, -0.05) is 40.2 Å². The molecule has 2 aromatic rings. The third-order valence-electron chi connectivity index (χ3n) is 2.83. The summed E-state index contributed by atoms with van der Waals surface area (Å²) in [6, 6.07) is 11.9. The highest BCUT2D eigenvalue weighted by atomic mass is 79.9. The van der Waals surface area contributed by atoms with E-state index in [2.05, 4.69) is 15.9 Å². The summed E-state index contributed by atoms with van der Waals surface area (Å²) in [5.74, 6) is 0.780. The summed E-state index contributed by atoms with van der Waals surface area (Å²) >= 11 is 3.31. The Balaban J connectivity index is 2.37. The Morgan fingerprint density at radius 2 is 1.72 bits per heavy atom. The zero-order valence-corrected chi connectivity index (χ0v) is 11.7. The summed E-state index contributed by atoms with van der Waals surface area (Å²) < 4.78 is 30.8. The van der Waals surface area contributed by atoms with Crippen LogP contribution in [0.5, 0.6) is 11.5 Å². The van der Waals surface area contributed by atoms with E-state index in [4.69, 9.17) is 4.74 Å². The minimum Gasteiger partial charge on any atom is -0.455 e. The molecule has 0 fully saturated rings. The molecule has 0 aliphatic carbocycles. The average Bonchev–Trinajstić information content (AvgIpc) is 2.38. The maximum atomic E-state index is 12.6. The molecule has 92 valence electrons. The van der Waals surface area contributed by atoms with Crippen LogP contribution in [0.1, 0.15) is 5.56 Å². The molecule has 0 amide bonds. The van der Waals surface area contributed by atoms with Gasteiger partial charge in [0.25, 0.3) is 0 Å². The first-order chi connectivity index (χ1) is 8.64. The van der Waals surface area contributed by atoms with Crippen LogP contribution in [0.3, 0.4) is 0 Å². The van der Waals surface area contributed by atoms with Crippen LogP contribution < -0.4 is 4.74 Å². The number of halogens is 1. The first-order valence-corrected chi connectivity index (χ1v) is 7.95. The van der Waals surface area contributed by atoms with Gasteiger partial charge in [0.2, 0.25) is 9.84 Å². The van der Waals surface area contributed by atoms with Gasteiger partial charge in [0.05, 0.1) is 0 Å². The monoisotopic (exact) mass is 324 g/mol. The first kappa shape index (κ1) is 11.7.